The van der Waals surface area contributed by atoms with Crippen LogP contribution < -0.4 is 5.73 Å². The molecule has 5 nitrogen and oxygen atoms in total. The minimum atomic E-state index is -0.0570. The lowest BCUT2D eigenvalue weighted by Gasteiger charge is -2.17. The van der Waals surface area contributed by atoms with Crippen LogP contribution in [-0.4, -0.2) is 27.4 Å². The highest BCUT2D eigenvalue weighted by atomic mass is 16.2. The molecule has 0 saturated heterocycles. The van der Waals surface area contributed by atoms with E-state index in [-0.39, 0.29) is 5.91 Å². The summed E-state index contributed by atoms with van der Waals surface area (Å²) in [6, 6.07) is 5.38. The second kappa shape index (κ2) is 5.14. The van der Waals surface area contributed by atoms with Gasteiger partial charge in [0, 0.05) is 37.7 Å². The fourth-order valence-electron chi connectivity index (χ4n) is 1.99. The number of anilines is 1. The van der Waals surface area contributed by atoms with Crippen molar-refractivity contribution in [2.75, 3.05) is 12.8 Å². The molecule has 0 saturated carbocycles. The molecule has 2 rings (SSSR count). The number of nitrogens with two attached hydrogens (primary N) is 1. The summed E-state index contributed by atoms with van der Waals surface area (Å²) in [6.45, 7) is 2.39. The largest absolute Gasteiger partial charge is 0.399 e. The molecule has 0 atom stereocenters. The lowest BCUT2D eigenvalue weighted by atomic mass is 10.1. The van der Waals surface area contributed by atoms with Crippen molar-refractivity contribution in [1.82, 2.24) is 14.5 Å². The molecule has 0 bridgehead atoms. The topological polar surface area (TPSA) is 64.2 Å². The third-order valence-electron chi connectivity index (χ3n) is 2.99. The van der Waals surface area contributed by atoms with Gasteiger partial charge in [0.2, 0.25) is 0 Å². The van der Waals surface area contributed by atoms with Crippen molar-refractivity contribution in [1.29, 1.82) is 0 Å². The summed E-state index contributed by atoms with van der Waals surface area (Å²) < 4.78 is 1.90. The van der Waals surface area contributed by atoms with Crippen molar-refractivity contribution in [2.45, 2.75) is 13.5 Å². The average Bonchev–Trinajstić information content (AvgIpc) is 2.72. The number of carbonyl (C=O) groups excluding carboxylic acids is 1. The van der Waals surface area contributed by atoms with E-state index in [1.165, 1.54) is 0 Å². The summed E-state index contributed by atoms with van der Waals surface area (Å²) in [4.78, 5) is 18.2. The van der Waals surface area contributed by atoms with Crippen LogP contribution in [0.4, 0.5) is 5.69 Å². The standard InChI is InChI=1S/C14H18N4O/c1-10-6-11(8-12(15)7-10)14(19)18(3)9-13-16-4-5-17(13)2/h4-8H,9,15H2,1-3H3. The van der Waals surface area contributed by atoms with Crippen LogP contribution in [0.2, 0.25) is 0 Å². The maximum atomic E-state index is 12.3. The minimum Gasteiger partial charge on any atom is -0.399 e. The Morgan fingerprint density at radius 2 is 2.16 bits per heavy atom. The number of imidazole rings is 1. The number of carbonyl (C=O) groups is 1. The van der Waals surface area contributed by atoms with Crippen molar-refractivity contribution in [3.8, 4) is 0 Å². The van der Waals surface area contributed by atoms with Crippen LogP contribution >= 0.6 is 0 Å². The molecule has 0 unspecified atom stereocenters. The first-order valence-corrected chi connectivity index (χ1v) is 6.06. The average molecular weight is 258 g/mol. The molecule has 1 heterocycles. The SMILES string of the molecule is Cc1cc(N)cc(C(=O)N(C)Cc2nccn2C)c1. The van der Waals surface area contributed by atoms with E-state index in [2.05, 4.69) is 4.98 Å². The number of nitrogens with zero attached hydrogens (tertiary/aromatic N) is 3. The first-order chi connectivity index (χ1) is 8.97. The van der Waals surface area contributed by atoms with Gasteiger partial charge in [-0.3, -0.25) is 4.79 Å². The Balaban J connectivity index is 2.17. The van der Waals surface area contributed by atoms with E-state index in [9.17, 15) is 4.79 Å². The third kappa shape index (κ3) is 2.93. The highest BCUT2D eigenvalue weighted by Gasteiger charge is 2.14. The number of hydrogen-bond donors (Lipinski definition) is 1. The number of hydrogen-bond acceptors (Lipinski definition) is 3. The molecule has 0 aliphatic rings. The van der Waals surface area contributed by atoms with Gasteiger partial charge in [0.1, 0.15) is 5.82 Å². The molecule has 1 aromatic carbocycles. The second-order valence-corrected chi connectivity index (χ2v) is 4.75. The van der Waals surface area contributed by atoms with Gasteiger partial charge < -0.3 is 15.2 Å². The molecule has 5 heteroatoms. The molecule has 100 valence electrons. The van der Waals surface area contributed by atoms with Crippen LogP contribution in [0, 0.1) is 6.92 Å². The van der Waals surface area contributed by atoms with Crippen molar-refractivity contribution in [3.63, 3.8) is 0 Å². The van der Waals surface area contributed by atoms with Crippen LogP contribution in [0.3, 0.4) is 0 Å². The summed E-state index contributed by atoms with van der Waals surface area (Å²) in [7, 11) is 3.67. The molecule has 0 aliphatic heterocycles. The molecular formula is C14H18N4O. The number of amides is 1. The molecule has 0 fully saturated rings. The zero-order valence-corrected chi connectivity index (χ0v) is 11.4. The second-order valence-electron chi connectivity index (χ2n) is 4.75. The Bertz CT molecular complexity index is 583. The maximum absolute atomic E-state index is 12.3. The predicted octanol–water partition coefficient (Wildman–Crippen LogP) is 1.58. The summed E-state index contributed by atoms with van der Waals surface area (Å²) in [5.41, 5.74) is 7.96. The van der Waals surface area contributed by atoms with E-state index in [4.69, 9.17) is 5.73 Å². The molecular weight excluding hydrogens is 240 g/mol. The number of aromatic nitrogens is 2. The Labute approximate surface area is 112 Å². The summed E-state index contributed by atoms with van der Waals surface area (Å²) in [5.74, 6) is 0.787. The lowest BCUT2D eigenvalue weighted by Crippen LogP contribution is -2.27. The molecule has 0 spiro atoms. The zero-order chi connectivity index (χ0) is 14.0. The Hall–Kier alpha value is -2.30. The Morgan fingerprint density at radius 3 is 2.74 bits per heavy atom. The van der Waals surface area contributed by atoms with Gasteiger partial charge in [-0.25, -0.2) is 4.98 Å². The van der Waals surface area contributed by atoms with Crippen LogP contribution in [0.5, 0.6) is 0 Å². The van der Waals surface area contributed by atoms with Gasteiger partial charge in [0.05, 0.1) is 6.54 Å². The summed E-state index contributed by atoms with van der Waals surface area (Å²) in [6.07, 6.45) is 3.58. The number of aryl methyl sites for hydroxylation is 2. The molecule has 2 N–H and O–H groups in total. The van der Waals surface area contributed by atoms with Crippen molar-refractivity contribution >= 4 is 11.6 Å². The molecule has 2 aromatic rings. The minimum absolute atomic E-state index is 0.0570. The zero-order valence-electron chi connectivity index (χ0n) is 11.4. The van der Waals surface area contributed by atoms with Gasteiger partial charge in [0.15, 0.2) is 0 Å². The van der Waals surface area contributed by atoms with Gasteiger partial charge in [-0.05, 0) is 30.7 Å². The number of nitrogen functional groups attached to an aromatic ring is 1. The van der Waals surface area contributed by atoms with E-state index in [0.717, 1.165) is 11.4 Å². The first kappa shape index (κ1) is 13.1. The molecule has 1 aromatic heterocycles. The van der Waals surface area contributed by atoms with Gasteiger partial charge in [0.25, 0.3) is 5.91 Å². The van der Waals surface area contributed by atoms with Crippen LogP contribution in [0.15, 0.2) is 30.6 Å². The van der Waals surface area contributed by atoms with E-state index in [1.54, 1.807) is 24.2 Å². The van der Waals surface area contributed by atoms with E-state index < -0.39 is 0 Å². The fourth-order valence-corrected chi connectivity index (χ4v) is 1.99. The third-order valence-corrected chi connectivity index (χ3v) is 2.99. The lowest BCUT2D eigenvalue weighted by molar-refractivity contribution is 0.0780. The van der Waals surface area contributed by atoms with Gasteiger partial charge in [-0.2, -0.15) is 0 Å². The molecule has 0 aliphatic carbocycles. The summed E-state index contributed by atoms with van der Waals surface area (Å²) >= 11 is 0. The normalized spacial score (nSPS) is 10.5. The highest BCUT2D eigenvalue weighted by Crippen LogP contribution is 2.14. The Kier molecular flexibility index (Phi) is 3.55. The predicted molar refractivity (Wildman–Crippen MR) is 74.6 cm³/mol. The van der Waals surface area contributed by atoms with E-state index in [1.807, 2.05) is 36.9 Å². The van der Waals surface area contributed by atoms with Crippen LogP contribution in [-0.2, 0) is 13.6 Å². The number of rotatable bonds is 3. The van der Waals surface area contributed by atoms with Crippen molar-refractivity contribution in [3.05, 3.63) is 47.5 Å². The molecule has 1 amide bonds. The van der Waals surface area contributed by atoms with E-state index in [0.29, 0.717) is 17.8 Å². The Morgan fingerprint density at radius 1 is 1.42 bits per heavy atom. The maximum Gasteiger partial charge on any atom is 0.254 e. The smallest absolute Gasteiger partial charge is 0.254 e. The number of benzene rings is 1. The van der Waals surface area contributed by atoms with Crippen molar-refractivity contribution in [2.24, 2.45) is 7.05 Å². The monoisotopic (exact) mass is 258 g/mol. The fraction of sp³-hybridized carbons (Fsp3) is 0.286. The van der Waals surface area contributed by atoms with Gasteiger partial charge >= 0.3 is 0 Å². The first-order valence-electron chi connectivity index (χ1n) is 6.06. The van der Waals surface area contributed by atoms with Crippen LogP contribution in [0.1, 0.15) is 21.7 Å². The quantitative estimate of drug-likeness (QED) is 0.850. The van der Waals surface area contributed by atoms with Gasteiger partial charge in [-0.15, -0.1) is 0 Å². The van der Waals surface area contributed by atoms with Crippen LogP contribution in [0.25, 0.3) is 0 Å². The van der Waals surface area contributed by atoms with E-state index >= 15 is 0 Å². The summed E-state index contributed by atoms with van der Waals surface area (Å²) in [5, 5.41) is 0. The van der Waals surface area contributed by atoms with Gasteiger partial charge in [-0.1, -0.05) is 0 Å². The van der Waals surface area contributed by atoms with Crippen molar-refractivity contribution < 1.29 is 4.79 Å². The molecule has 19 heavy (non-hydrogen) atoms. The highest BCUT2D eigenvalue weighted by molar-refractivity contribution is 5.95. The molecule has 0 radical (unpaired) electrons.